The van der Waals surface area contributed by atoms with E-state index < -0.39 is 0 Å². The van der Waals surface area contributed by atoms with Crippen molar-refractivity contribution in [1.29, 1.82) is 0 Å². The van der Waals surface area contributed by atoms with E-state index in [9.17, 15) is 5.11 Å². The van der Waals surface area contributed by atoms with Gasteiger partial charge >= 0.3 is 0 Å². The highest BCUT2D eigenvalue weighted by atomic mass is 35.5. The van der Waals surface area contributed by atoms with Crippen molar-refractivity contribution in [3.8, 4) is 0 Å². The summed E-state index contributed by atoms with van der Waals surface area (Å²) in [7, 11) is 0. The Morgan fingerprint density at radius 2 is 1.76 bits per heavy atom. The molecule has 3 heterocycles. The van der Waals surface area contributed by atoms with E-state index in [0.717, 1.165) is 68.3 Å². The molecule has 1 fully saturated rings. The maximum atomic E-state index is 9.44. The average Bonchev–Trinajstić information content (AvgIpc) is 2.90. The molecule has 2 aliphatic heterocycles. The van der Waals surface area contributed by atoms with Crippen molar-refractivity contribution >= 4 is 28.9 Å². The molecule has 34 heavy (non-hydrogen) atoms. The van der Waals surface area contributed by atoms with E-state index in [4.69, 9.17) is 11.6 Å². The molecule has 3 aromatic rings. The van der Waals surface area contributed by atoms with Gasteiger partial charge in [-0.05, 0) is 48.1 Å². The standard InChI is InChI=1S/C27H32ClN5O/c28-16-23(18-34)21-5-7-24(8-6-21)31-26-15-27(30-19-29-26)32-13-10-25(11-14-32)33-12-9-20-3-1-2-4-22(20)17-33/h1-8,15,19,23,25,34H,9-14,16-18H2,(H,29,30,31). The number of hydrogen-bond acceptors (Lipinski definition) is 6. The Hall–Kier alpha value is -2.67. The maximum Gasteiger partial charge on any atom is 0.135 e. The van der Waals surface area contributed by atoms with E-state index in [1.54, 1.807) is 6.33 Å². The fourth-order valence-electron chi connectivity index (χ4n) is 5.11. The average molecular weight is 478 g/mol. The summed E-state index contributed by atoms with van der Waals surface area (Å²) in [5.41, 5.74) is 4.99. The largest absolute Gasteiger partial charge is 0.396 e. The molecule has 0 amide bonds. The third-order valence-corrected chi connectivity index (χ3v) is 7.55. The number of nitrogens with one attached hydrogen (secondary N) is 1. The van der Waals surface area contributed by atoms with Crippen LogP contribution in [0.5, 0.6) is 0 Å². The number of nitrogens with zero attached hydrogens (tertiary/aromatic N) is 4. The summed E-state index contributed by atoms with van der Waals surface area (Å²) in [5.74, 6) is 2.12. The third kappa shape index (κ3) is 5.19. The van der Waals surface area contributed by atoms with Crippen LogP contribution in [0.1, 0.15) is 35.4 Å². The lowest BCUT2D eigenvalue weighted by atomic mass is 9.95. The minimum Gasteiger partial charge on any atom is -0.396 e. The highest BCUT2D eigenvalue weighted by Crippen LogP contribution is 2.28. The van der Waals surface area contributed by atoms with Crippen LogP contribution in [0.25, 0.3) is 0 Å². The molecule has 0 radical (unpaired) electrons. The van der Waals surface area contributed by atoms with Crippen molar-refractivity contribution in [1.82, 2.24) is 14.9 Å². The number of benzene rings is 2. The number of aromatic nitrogens is 2. The summed E-state index contributed by atoms with van der Waals surface area (Å²) >= 11 is 5.94. The molecule has 0 aliphatic carbocycles. The second-order valence-corrected chi connectivity index (χ2v) is 9.56. The van der Waals surface area contributed by atoms with Gasteiger partial charge in [0, 0.05) is 55.8 Å². The van der Waals surface area contributed by atoms with Crippen LogP contribution in [0.15, 0.2) is 60.9 Å². The van der Waals surface area contributed by atoms with Gasteiger partial charge in [0.05, 0.1) is 6.61 Å². The highest BCUT2D eigenvalue weighted by molar-refractivity contribution is 6.18. The van der Waals surface area contributed by atoms with Gasteiger partial charge in [0.2, 0.25) is 0 Å². The third-order valence-electron chi connectivity index (χ3n) is 7.18. The Morgan fingerprint density at radius 1 is 1.00 bits per heavy atom. The van der Waals surface area contributed by atoms with Gasteiger partial charge < -0.3 is 15.3 Å². The van der Waals surface area contributed by atoms with Crippen molar-refractivity contribution < 1.29 is 5.11 Å². The first-order valence-electron chi connectivity index (χ1n) is 12.1. The Kier molecular flexibility index (Phi) is 7.28. The zero-order valence-corrected chi connectivity index (χ0v) is 20.2. The molecule has 0 bridgehead atoms. The molecular weight excluding hydrogens is 446 g/mol. The number of halogens is 1. The lowest BCUT2D eigenvalue weighted by Gasteiger charge is -2.41. The summed E-state index contributed by atoms with van der Waals surface area (Å²) in [4.78, 5) is 14.0. The number of alkyl halides is 1. The van der Waals surface area contributed by atoms with Crippen LogP contribution in [-0.4, -0.2) is 58.1 Å². The fourth-order valence-corrected chi connectivity index (χ4v) is 5.38. The molecule has 0 saturated carbocycles. The maximum absolute atomic E-state index is 9.44. The quantitative estimate of drug-likeness (QED) is 0.486. The number of fused-ring (bicyclic) bond motifs is 1. The van der Waals surface area contributed by atoms with Crippen molar-refractivity contribution in [2.45, 2.75) is 37.8 Å². The molecule has 2 aromatic carbocycles. The van der Waals surface area contributed by atoms with Crippen LogP contribution in [0.4, 0.5) is 17.3 Å². The van der Waals surface area contributed by atoms with E-state index >= 15 is 0 Å². The smallest absolute Gasteiger partial charge is 0.135 e. The number of anilines is 3. The number of aliphatic hydroxyl groups is 1. The SMILES string of the molecule is OCC(CCl)c1ccc(Nc2cc(N3CCC(N4CCc5ccccc5C4)CC3)ncn2)cc1. The number of aliphatic hydroxyl groups excluding tert-OH is 1. The van der Waals surface area contributed by atoms with E-state index in [0.29, 0.717) is 11.9 Å². The van der Waals surface area contributed by atoms with Crippen molar-refractivity contribution in [2.75, 3.05) is 42.3 Å². The summed E-state index contributed by atoms with van der Waals surface area (Å²) in [5, 5.41) is 12.8. The van der Waals surface area contributed by atoms with Gasteiger partial charge in [-0.25, -0.2) is 9.97 Å². The lowest BCUT2D eigenvalue weighted by molar-refractivity contribution is 0.153. The molecule has 1 aromatic heterocycles. The number of piperidine rings is 1. The van der Waals surface area contributed by atoms with Crippen LogP contribution in [0.3, 0.4) is 0 Å². The summed E-state index contributed by atoms with van der Waals surface area (Å²) in [6.07, 6.45) is 5.10. The van der Waals surface area contributed by atoms with Crippen LogP contribution in [-0.2, 0) is 13.0 Å². The molecule has 178 valence electrons. The molecule has 1 saturated heterocycles. The van der Waals surface area contributed by atoms with Gasteiger partial charge in [-0.2, -0.15) is 0 Å². The lowest BCUT2D eigenvalue weighted by Crippen LogP contribution is -2.46. The first kappa shape index (κ1) is 23.1. The normalized spacial score (nSPS) is 17.9. The summed E-state index contributed by atoms with van der Waals surface area (Å²) in [6.45, 7) is 4.30. The summed E-state index contributed by atoms with van der Waals surface area (Å²) < 4.78 is 0. The van der Waals surface area contributed by atoms with Gasteiger partial charge in [-0.3, -0.25) is 4.90 Å². The Bertz CT molecular complexity index is 1080. The molecule has 2 N–H and O–H groups in total. The highest BCUT2D eigenvalue weighted by Gasteiger charge is 2.27. The Morgan fingerprint density at radius 3 is 2.50 bits per heavy atom. The predicted octanol–water partition coefficient (Wildman–Crippen LogP) is 4.56. The van der Waals surface area contributed by atoms with E-state index in [-0.39, 0.29) is 12.5 Å². The van der Waals surface area contributed by atoms with Gasteiger partial charge in [0.15, 0.2) is 0 Å². The fraction of sp³-hybridized carbons (Fsp3) is 0.407. The minimum atomic E-state index is -0.0380. The van der Waals surface area contributed by atoms with Crippen LogP contribution in [0, 0.1) is 0 Å². The zero-order chi connectivity index (χ0) is 23.3. The molecule has 7 heteroatoms. The van der Waals surface area contributed by atoms with Crippen LogP contribution < -0.4 is 10.2 Å². The second kappa shape index (κ2) is 10.7. The van der Waals surface area contributed by atoms with Gasteiger partial charge in [-0.15, -0.1) is 11.6 Å². The first-order valence-corrected chi connectivity index (χ1v) is 12.7. The molecule has 1 atom stereocenters. The minimum absolute atomic E-state index is 0.0380. The van der Waals surface area contributed by atoms with Crippen LogP contribution >= 0.6 is 11.6 Å². The van der Waals surface area contributed by atoms with Crippen LogP contribution in [0.2, 0.25) is 0 Å². The van der Waals surface area contributed by atoms with E-state index in [1.807, 2.05) is 30.3 Å². The summed E-state index contributed by atoms with van der Waals surface area (Å²) in [6, 6.07) is 19.5. The molecule has 6 nitrogen and oxygen atoms in total. The van der Waals surface area contributed by atoms with E-state index in [2.05, 4.69) is 49.4 Å². The van der Waals surface area contributed by atoms with Gasteiger partial charge in [0.25, 0.3) is 0 Å². The topological polar surface area (TPSA) is 64.5 Å². The number of rotatable bonds is 7. The second-order valence-electron chi connectivity index (χ2n) is 9.25. The molecule has 2 aliphatic rings. The van der Waals surface area contributed by atoms with E-state index in [1.165, 1.54) is 11.1 Å². The number of hydrogen-bond donors (Lipinski definition) is 2. The monoisotopic (exact) mass is 477 g/mol. The molecule has 1 unspecified atom stereocenters. The van der Waals surface area contributed by atoms with Crippen molar-refractivity contribution in [3.05, 3.63) is 77.6 Å². The van der Waals surface area contributed by atoms with Crippen molar-refractivity contribution in [2.24, 2.45) is 0 Å². The van der Waals surface area contributed by atoms with Crippen molar-refractivity contribution in [3.63, 3.8) is 0 Å². The molecular formula is C27H32ClN5O. The zero-order valence-electron chi connectivity index (χ0n) is 19.4. The van der Waals surface area contributed by atoms with Gasteiger partial charge in [0.1, 0.15) is 18.0 Å². The predicted molar refractivity (Wildman–Crippen MR) is 138 cm³/mol. The Balaban J connectivity index is 1.18. The Labute approximate surface area is 206 Å². The molecule has 5 rings (SSSR count). The first-order chi connectivity index (χ1) is 16.7. The van der Waals surface area contributed by atoms with Gasteiger partial charge in [-0.1, -0.05) is 36.4 Å². The molecule has 0 spiro atoms.